The fourth-order valence-electron chi connectivity index (χ4n) is 3.95. The zero-order chi connectivity index (χ0) is 18.9. The topological polar surface area (TPSA) is 12.5 Å². The van der Waals surface area contributed by atoms with E-state index in [0.717, 1.165) is 19.6 Å². The van der Waals surface area contributed by atoms with Crippen LogP contribution in [0.1, 0.15) is 49.7 Å². The molecule has 146 valence electrons. The summed E-state index contributed by atoms with van der Waals surface area (Å²) < 4.78 is 19.4. The first kappa shape index (κ1) is 20.0. The molecule has 1 heterocycles. The van der Waals surface area contributed by atoms with Gasteiger partial charge in [0.15, 0.2) is 0 Å². The van der Waals surface area contributed by atoms with Gasteiger partial charge < -0.3 is 9.64 Å². The van der Waals surface area contributed by atoms with Crippen LogP contribution in [0.4, 0.5) is 4.39 Å². The van der Waals surface area contributed by atoms with E-state index in [1.807, 2.05) is 30.3 Å². The largest absolute Gasteiger partial charge is 0.376 e. The highest BCUT2D eigenvalue weighted by Crippen LogP contribution is 2.28. The van der Waals surface area contributed by atoms with Crippen LogP contribution in [0.25, 0.3) is 0 Å². The fourth-order valence-corrected chi connectivity index (χ4v) is 3.95. The molecule has 27 heavy (non-hydrogen) atoms. The van der Waals surface area contributed by atoms with E-state index in [-0.39, 0.29) is 5.82 Å². The van der Waals surface area contributed by atoms with Gasteiger partial charge in [-0.3, -0.25) is 0 Å². The molecule has 3 heteroatoms. The van der Waals surface area contributed by atoms with Crippen molar-refractivity contribution in [1.82, 2.24) is 4.90 Å². The Balaban J connectivity index is 1.58. The number of likely N-dealkylation sites (tertiary alicyclic amines) is 1. The number of benzene rings is 2. The van der Waals surface area contributed by atoms with Crippen LogP contribution in [0, 0.1) is 11.7 Å². The predicted molar refractivity (Wildman–Crippen MR) is 109 cm³/mol. The molecule has 2 unspecified atom stereocenters. The summed E-state index contributed by atoms with van der Waals surface area (Å²) in [5.74, 6) is 0.614. The number of hydrogen-bond acceptors (Lipinski definition) is 2. The van der Waals surface area contributed by atoms with Gasteiger partial charge in [-0.05, 0) is 74.0 Å². The first-order valence-corrected chi connectivity index (χ1v) is 10.3. The third-order valence-electron chi connectivity index (χ3n) is 5.81. The third-order valence-corrected chi connectivity index (χ3v) is 5.81. The maximum atomic E-state index is 13.3. The Morgan fingerprint density at radius 2 is 1.67 bits per heavy atom. The van der Waals surface area contributed by atoms with E-state index in [2.05, 4.69) is 24.0 Å². The van der Waals surface area contributed by atoms with Gasteiger partial charge in [0.1, 0.15) is 5.82 Å². The first-order valence-electron chi connectivity index (χ1n) is 10.3. The minimum Gasteiger partial charge on any atom is -0.376 e. The van der Waals surface area contributed by atoms with Crippen LogP contribution >= 0.6 is 0 Å². The van der Waals surface area contributed by atoms with E-state index in [1.54, 1.807) is 12.1 Å². The molecule has 1 fully saturated rings. The standard InChI is InChI=1S/C24H32FNO/c1-20(22-10-12-24(25)13-11-22)23(14-17-26-15-6-3-7-16-26)19-27-18-21-8-4-2-5-9-21/h2,4-5,8-13,20,23H,3,6-7,14-19H2,1H3. The molecule has 1 saturated heterocycles. The lowest BCUT2D eigenvalue weighted by molar-refractivity contribution is 0.0702. The minimum atomic E-state index is -0.170. The van der Waals surface area contributed by atoms with Crippen molar-refractivity contribution in [2.45, 2.75) is 45.1 Å². The van der Waals surface area contributed by atoms with E-state index in [1.165, 1.54) is 43.5 Å². The molecule has 2 aromatic rings. The average Bonchev–Trinajstić information content (AvgIpc) is 2.72. The van der Waals surface area contributed by atoms with Crippen LogP contribution in [0.2, 0.25) is 0 Å². The molecule has 0 N–H and O–H groups in total. The molecule has 0 saturated carbocycles. The maximum absolute atomic E-state index is 13.3. The second-order valence-corrected chi connectivity index (χ2v) is 7.79. The predicted octanol–water partition coefficient (Wildman–Crippen LogP) is 5.64. The van der Waals surface area contributed by atoms with Gasteiger partial charge >= 0.3 is 0 Å². The van der Waals surface area contributed by atoms with Gasteiger partial charge in [0, 0.05) is 0 Å². The number of rotatable bonds is 9. The van der Waals surface area contributed by atoms with Gasteiger partial charge in [-0.25, -0.2) is 4.39 Å². The lowest BCUT2D eigenvalue weighted by Crippen LogP contribution is -2.33. The van der Waals surface area contributed by atoms with Crippen molar-refractivity contribution in [1.29, 1.82) is 0 Å². The Hall–Kier alpha value is -1.71. The molecule has 2 aromatic carbocycles. The van der Waals surface area contributed by atoms with E-state index >= 15 is 0 Å². The molecule has 1 aliphatic rings. The van der Waals surface area contributed by atoms with E-state index in [9.17, 15) is 4.39 Å². The highest BCUT2D eigenvalue weighted by atomic mass is 19.1. The van der Waals surface area contributed by atoms with Gasteiger partial charge in [-0.2, -0.15) is 0 Å². The summed E-state index contributed by atoms with van der Waals surface area (Å²) in [4.78, 5) is 2.59. The van der Waals surface area contributed by atoms with Crippen LogP contribution < -0.4 is 0 Å². The zero-order valence-corrected chi connectivity index (χ0v) is 16.4. The molecule has 0 aromatic heterocycles. The molecule has 3 rings (SSSR count). The van der Waals surface area contributed by atoms with Gasteiger partial charge in [0.25, 0.3) is 0 Å². The molecule has 0 bridgehead atoms. The van der Waals surface area contributed by atoms with Gasteiger partial charge in [-0.15, -0.1) is 0 Å². The van der Waals surface area contributed by atoms with Gasteiger partial charge in [0.05, 0.1) is 13.2 Å². The number of ether oxygens (including phenoxy) is 1. The van der Waals surface area contributed by atoms with Crippen molar-refractivity contribution in [2.75, 3.05) is 26.2 Å². The second-order valence-electron chi connectivity index (χ2n) is 7.79. The number of hydrogen-bond donors (Lipinski definition) is 0. The lowest BCUT2D eigenvalue weighted by Gasteiger charge is -2.30. The second kappa shape index (κ2) is 10.6. The highest BCUT2D eigenvalue weighted by Gasteiger charge is 2.21. The van der Waals surface area contributed by atoms with Crippen LogP contribution in [0.5, 0.6) is 0 Å². The average molecular weight is 370 g/mol. The first-order chi connectivity index (χ1) is 13.2. The Morgan fingerprint density at radius 1 is 0.963 bits per heavy atom. The normalized spacial score (nSPS) is 17.6. The maximum Gasteiger partial charge on any atom is 0.123 e. The Morgan fingerprint density at radius 3 is 2.37 bits per heavy atom. The molecule has 1 aliphatic heterocycles. The van der Waals surface area contributed by atoms with Crippen LogP contribution in [0.15, 0.2) is 54.6 Å². The van der Waals surface area contributed by atoms with E-state index in [4.69, 9.17) is 4.74 Å². The Kier molecular flexibility index (Phi) is 7.85. The Labute approximate surface area is 163 Å². The summed E-state index contributed by atoms with van der Waals surface area (Å²) in [7, 11) is 0. The highest BCUT2D eigenvalue weighted by molar-refractivity contribution is 5.20. The smallest absolute Gasteiger partial charge is 0.123 e. The SMILES string of the molecule is CC(c1ccc(F)cc1)C(CCN1CCCCC1)COCc1ccccc1. The quantitative estimate of drug-likeness (QED) is 0.567. The van der Waals surface area contributed by atoms with Crippen molar-refractivity contribution < 1.29 is 9.13 Å². The number of piperidine rings is 1. The van der Waals surface area contributed by atoms with Gasteiger partial charge in [-0.1, -0.05) is 55.8 Å². The van der Waals surface area contributed by atoms with Crippen molar-refractivity contribution in [3.05, 3.63) is 71.5 Å². The fraction of sp³-hybridized carbons (Fsp3) is 0.500. The molecule has 2 nitrogen and oxygen atoms in total. The van der Waals surface area contributed by atoms with Crippen LogP contribution in [0.3, 0.4) is 0 Å². The van der Waals surface area contributed by atoms with E-state index in [0.29, 0.717) is 18.4 Å². The number of halogens is 1. The molecular weight excluding hydrogens is 337 g/mol. The van der Waals surface area contributed by atoms with Crippen molar-refractivity contribution >= 4 is 0 Å². The van der Waals surface area contributed by atoms with Crippen LogP contribution in [-0.2, 0) is 11.3 Å². The molecule has 0 spiro atoms. The van der Waals surface area contributed by atoms with E-state index < -0.39 is 0 Å². The minimum absolute atomic E-state index is 0.170. The van der Waals surface area contributed by atoms with Crippen LogP contribution in [-0.4, -0.2) is 31.1 Å². The summed E-state index contributed by atoms with van der Waals surface area (Å²) in [5.41, 5.74) is 2.41. The monoisotopic (exact) mass is 369 g/mol. The number of nitrogens with zero attached hydrogens (tertiary/aromatic N) is 1. The zero-order valence-electron chi connectivity index (χ0n) is 16.4. The summed E-state index contributed by atoms with van der Waals surface area (Å²) in [6.07, 6.45) is 5.13. The van der Waals surface area contributed by atoms with Crippen molar-refractivity contribution in [2.24, 2.45) is 5.92 Å². The van der Waals surface area contributed by atoms with Crippen molar-refractivity contribution in [3.8, 4) is 0 Å². The summed E-state index contributed by atoms with van der Waals surface area (Å²) >= 11 is 0. The molecule has 0 aliphatic carbocycles. The lowest BCUT2D eigenvalue weighted by atomic mass is 9.85. The molecule has 0 radical (unpaired) electrons. The summed E-state index contributed by atoms with van der Waals surface area (Å²) in [6, 6.07) is 17.3. The molecular formula is C24H32FNO. The summed E-state index contributed by atoms with van der Waals surface area (Å²) in [6.45, 7) is 7.22. The molecule has 2 atom stereocenters. The third kappa shape index (κ3) is 6.44. The van der Waals surface area contributed by atoms with Gasteiger partial charge in [0.2, 0.25) is 0 Å². The molecule has 0 amide bonds. The Bertz CT molecular complexity index is 652. The summed E-state index contributed by atoms with van der Waals surface area (Å²) in [5, 5.41) is 0. The van der Waals surface area contributed by atoms with Crippen molar-refractivity contribution in [3.63, 3.8) is 0 Å².